The summed E-state index contributed by atoms with van der Waals surface area (Å²) in [5.74, 6) is 0. The molecule has 0 bridgehead atoms. The smallest absolute Gasteiger partial charge is 0.0734 e. The van der Waals surface area contributed by atoms with E-state index in [4.69, 9.17) is 5.73 Å². The fourth-order valence-electron chi connectivity index (χ4n) is 1.64. The lowest BCUT2D eigenvalue weighted by atomic mass is 10.0. The highest BCUT2D eigenvalue weighted by Crippen LogP contribution is 2.38. The van der Waals surface area contributed by atoms with Gasteiger partial charge in [0.15, 0.2) is 0 Å². The molecule has 0 unspecified atom stereocenters. The van der Waals surface area contributed by atoms with E-state index in [9.17, 15) is 0 Å². The van der Waals surface area contributed by atoms with Gasteiger partial charge in [0.05, 0.1) is 3.79 Å². The lowest BCUT2D eigenvalue weighted by Gasteiger charge is -2.07. The standard InChI is InChI=1S/C13H14BrNS/c1-7-4-10(11(15)5-8(7)2)12-6-9(3)13(14)16-12/h4-6H,15H2,1-3H3. The number of aryl methyl sites for hydroxylation is 3. The van der Waals surface area contributed by atoms with Gasteiger partial charge in [0, 0.05) is 16.1 Å². The lowest BCUT2D eigenvalue weighted by Crippen LogP contribution is -1.92. The average Bonchev–Trinajstić information content (AvgIpc) is 2.53. The molecule has 0 spiro atoms. The number of hydrogen-bond acceptors (Lipinski definition) is 2. The van der Waals surface area contributed by atoms with Crippen molar-refractivity contribution in [3.63, 3.8) is 0 Å². The monoisotopic (exact) mass is 295 g/mol. The van der Waals surface area contributed by atoms with Gasteiger partial charge in [0.1, 0.15) is 0 Å². The molecule has 0 saturated carbocycles. The summed E-state index contributed by atoms with van der Waals surface area (Å²) in [6.07, 6.45) is 0. The number of anilines is 1. The van der Waals surface area contributed by atoms with Crippen LogP contribution in [0.3, 0.4) is 0 Å². The second kappa shape index (κ2) is 4.22. The van der Waals surface area contributed by atoms with Crippen LogP contribution in [0.2, 0.25) is 0 Å². The fraction of sp³-hybridized carbons (Fsp3) is 0.231. The largest absolute Gasteiger partial charge is 0.398 e. The SMILES string of the molecule is Cc1cc(N)c(-c2cc(C)c(Br)s2)cc1C. The van der Waals surface area contributed by atoms with Crippen molar-refractivity contribution in [2.24, 2.45) is 0 Å². The van der Waals surface area contributed by atoms with Crippen molar-refractivity contribution >= 4 is 33.0 Å². The first kappa shape index (κ1) is 11.7. The molecule has 0 aliphatic heterocycles. The van der Waals surface area contributed by atoms with E-state index < -0.39 is 0 Å². The molecule has 0 amide bonds. The Labute approximate surface area is 108 Å². The maximum Gasteiger partial charge on any atom is 0.0734 e. The maximum atomic E-state index is 6.07. The molecule has 0 aliphatic carbocycles. The van der Waals surface area contributed by atoms with Crippen molar-refractivity contribution in [2.75, 3.05) is 5.73 Å². The van der Waals surface area contributed by atoms with Gasteiger partial charge in [-0.2, -0.15) is 0 Å². The predicted octanol–water partition coefficient (Wildman–Crippen LogP) is 4.69. The van der Waals surface area contributed by atoms with Gasteiger partial charge in [-0.25, -0.2) is 0 Å². The third-order valence-corrected chi connectivity index (χ3v) is 4.96. The minimum absolute atomic E-state index is 0.858. The molecule has 1 heterocycles. The van der Waals surface area contributed by atoms with Crippen LogP contribution >= 0.6 is 27.3 Å². The highest BCUT2D eigenvalue weighted by molar-refractivity contribution is 9.11. The van der Waals surface area contributed by atoms with Gasteiger partial charge in [0.25, 0.3) is 0 Å². The maximum absolute atomic E-state index is 6.07. The lowest BCUT2D eigenvalue weighted by molar-refractivity contribution is 1.35. The highest BCUT2D eigenvalue weighted by Gasteiger charge is 2.09. The summed E-state index contributed by atoms with van der Waals surface area (Å²) in [5.41, 5.74) is 11.9. The first-order valence-corrected chi connectivity index (χ1v) is 6.73. The summed E-state index contributed by atoms with van der Waals surface area (Å²) >= 11 is 5.28. The van der Waals surface area contributed by atoms with Crippen molar-refractivity contribution in [1.29, 1.82) is 0 Å². The molecule has 0 saturated heterocycles. The third-order valence-electron chi connectivity index (χ3n) is 2.79. The van der Waals surface area contributed by atoms with Crippen LogP contribution in [0.5, 0.6) is 0 Å². The number of benzene rings is 1. The molecular weight excluding hydrogens is 282 g/mol. The topological polar surface area (TPSA) is 26.0 Å². The zero-order valence-electron chi connectivity index (χ0n) is 9.60. The van der Waals surface area contributed by atoms with Gasteiger partial charge in [-0.3, -0.25) is 0 Å². The van der Waals surface area contributed by atoms with Crippen LogP contribution in [-0.4, -0.2) is 0 Å². The molecule has 1 aromatic carbocycles. The van der Waals surface area contributed by atoms with Gasteiger partial charge in [0.2, 0.25) is 0 Å². The Bertz CT molecular complexity index is 524. The number of halogens is 1. The predicted molar refractivity (Wildman–Crippen MR) is 76.1 cm³/mol. The van der Waals surface area contributed by atoms with E-state index >= 15 is 0 Å². The molecular formula is C13H14BrNS. The Morgan fingerprint density at radius 1 is 1.00 bits per heavy atom. The van der Waals surface area contributed by atoms with E-state index in [1.807, 2.05) is 6.07 Å². The van der Waals surface area contributed by atoms with E-state index in [2.05, 4.69) is 48.8 Å². The fourth-order valence-corrected chi connectivity index (χ4v) is 3.22. The number of rotatable bonds is 1. The Morgan fingerprint density at radius 2 is 1.62 bits per heavy atom. The van der Waals surface area contributed by atoms with Gasteiger partial charge >= 0.3 is 0 Å². The molecule has 3 heteroatoms. The van der Waals surface area contributed by atoms with Crippen LogP contribution in [0.1, 0.15) is 16.7 Å². The zero-order chi connectivity index (χ0) is 11.9. The quantitative estimate of drug-likeness (QED) is 0.759. The molecule has 0 fully saturated rings. The van der Waals surface area contributed by atoms with Crippen LogP contribution in [-0.2, 0) is 0 Å². The zero-order valence-corrected chi connectivity index (χ0v) is 12.0. The summed E-state index contributed by atoms with van der Waals surface area (Å²) in [6.45, 7) is 6.31. The molecule has 16 heavy (non-hydrogen) atoms. The first-order valence-electron chi connectivity index (χ1n) is 5.12. The second-order valence-corrected chi connectivity index (χ2v) is 6.46. The van der Waals surface area contributed by atoms with Crippen molar-refractivity contribution < 1.29 is 0 Å². The summed E-state index contributed by atoms with van der Waals surface area (Å²) in [5, 5.41) is 0. The Morgan fingerprint density at radius 3 is 2.19 bits per heavy atom. The van der Waals surface area contributed by atoms with Crippen molar-refractivity contribution in [2.45, 2.75) is 20.8 Å². The second-order valence-electron chi connectivity index (χ2n) is 4.09. The Balaban J connectivity index is 2.60. The van der Waals surface area contributed by atoms with Crippen molar-refractivity contribution in [3.8, 4) is 10.4 Å². The molecule has 1 aromatic heterocycles. The minimum atomic E-state index is 0.858. The van der Waals surface area contributed by atoms with E-state index in [-0.39, 0.29) is 0 Å². The number of hydrogen-bond donors (Lipinski definition) is 1. The minimum Gasteiger partial charge on any atom is -0.398 e. The van der Waals surface area contributed by atoms with E-state index in [1.54, 1.807) is 11.3 Å². The molecule has 0 radical (unpaired) electrons. The van der Waals surface area contributed by atoms with E-state index in [0.29, 0.717) is 0 Å². The van der Waals surface area contributed by atoms with E-state index in [0.717, 1.165) is 11.3 Å². The molecule has 1 nitrogen and oxygen atoms in total. The summed E-state index contributed by atoms with van der Waals surface area (Å²) in [4.78, 5) is 1.23. The summed E-state index contributed by atoms with van der Waals surface area (Å²) < 4.78 is 1.18. The van der Waals surface area contributed by atoms with Crippen molar-refractivity contribution in [3.05, 3.63) is 38.7 Å². The number of thiophene rings is 1. The molecule has 2 aromatic rings. The normalized spacial score (nSPS) is 10.8. The van der Waals surface area contributed by atoms with Crippen molar-refractivity contribution in [1.82, 2.24) is 0 Å². The summed E-state index contributed by atoms with van der Waals surface area (Å²) in [7, 11) is 0. The van der Waals surface area contributed by atoms with Crippen LogP contribution in [0.25, 0.3) is 10.4 Å². The molecule has 84 valence electrons. The number of nitrogen functional groups attached to an aromatic ring is 1. The van der Waals surface area contributed by atoms with Gasteiger partial charge < -0.3 is 5.73 Å². The van der Waals surface area contributed by atoms with Crippen LogP contribution in [0.15, 0.2) is 22.0 Å². The third kappa shape index (κ3) is 2.02. The summed E-state index contributed by atoms with van der Waals surface area (Å²) in [6, 6.07) is 6.39. The van der Waals surface area contributed by atoms with Gasteiger partial charge in [-0.1, -0.05) is 0 Å². The van der Waals surface area contributed by atoms with E-state index in [1.165, 1.54) is 25.4 Å². The Kier molecular flexibility index (Phi) is 3.08. The molecule has 0 atom stereocenters. The van der Waals surface area contributed by atoms with Crippen LogP contribution in [0, 0.1) is 20.8 Å². The van der Waals surface area contributed by atoms with Gasteiger partial charge in [-0.15, -0.1) is 11.3 Å². The Hall–Kier alpha value is -0.800. The average molecular weight is 296 g/mol. The van der Waals surface area contributed by atoms with Crippen LogP contribution in [0.4, 0.5) is 5.69 Å². The number of nitrogens with two attached hydrogens (primary N) is 1. The highest BCUT2D eigenvalue weighted by atomic mass is 79.9. The van der Waals surface area contributed by atoms with Gasteiger partial charge in [-0.05, 0) is 71.6 Å². The van der Waals surface area contributed by atoms with Crippen LogP contribution < -0.4 is 5.73 Å². The molecule has 2 N–H and O–H groups in total. The molecule has 0 aliphatic rings. The molecule has 2 rings (SSSR count). The first-order chi connectivity index (χ1) is 7.49.